The maximum absolute atomic E-state index is 12.0. The van der Waals surface area contributed by atoms with Crippen molar-refractivity contribution in [1.82, 2.24) is 24.8 Å². The highest BCUT2D eigenvalue weighted by Gasteiger charge is 2.09. The van der Waals surface area contributed by atoms with Crippen LogP contribution in [0.5, 0.6) is 11.5 Å². The zero-order chi connectivity index (χ0) is 25.7. The number of nitrogens with one attached hydrogen (secondary N) is 1. The van der Waals surface area contributed by atoms with Gasteiger partial charge in [-0.3, -0.25) is 4.98 Å². The molecular formula is C28H28N6O2. The largest absolute Gasteiger partial charge is 0.455 e. The van der Waals surface area contributed by atoms with E-state index in [4.69, 9.17) is 4.74 Å². The van der Waals surface area contributed by atoms with E-state index in [1.807, 2.05) is 62.4 Å². The lowest BCUT2D eigenvalue weighted by atomic mass is 10.1. The summed E-state index contributed by atoms with van der Waals surface area (Å²) in [4.78, 5) is 28.2. The van der Waals surface area contributed by atoms with Gasteiger partial charge >= 0.3 is 6.03 Å². The van der Waals surface area contributed by atoms with Crippen molar-refractivity contribution in [3.63, 3.8) is 0 Å². The summed E-state index contributed by atoms with van der Waals surface area (Å²) in [5.74, 6) is 8.32. The minimum Gasteiger partial charge on any atom is -0.455 e. The summed E-state index contributed by atoms with van der Waals surface area (Å²) in [5.41, 5.74) is 4.42. The third kappa shape index (κ3) is 5.88. The van der Waals surface area contributed by atoms with E-state index in [2.05, 4.69) is 32.1 Å². The van der Waals surface area contributed by atoms with E-state index in [0.717, 1.165) is 39.2 Å². The maximum atomic E-state index is 12.0. The number of hydrogen-bond acceptors (Lipinski definition) is 6. The van der Waals surface area contributed by atoms with Crippen molar-refractivity contribution in [1.29, 1.82) is 0 Å². The number of anilines is 2. The first-order valence-electron chi connectivity index (χ1n) is 11.4. The quantitative estimate of drug-likeness (QED) is 0.398. The molecular weight excluding hydrogens is 452 g/mol. The molecule has 2 heterocycles. The molecule has 0 fully saturated rings. The van der Waals surface area contributed by atoms with Gasteiger partial charge in [0.05, 0.1) is 18.3 Å². The van der Waals surface area contributed by atoms with Crippen molar-refractivity contribution in [2.24, 2.45) is 0 Å². The van der Waals surface area contributed by atoms with Gasteiger partial charge in [-0.15, -0.1) is 0 Å². The minimum atomic E-state index is -0.0926. The molecule has 1 N–H and O–H groups in total. The monoisotopic (exact) mass is 480 g/mol. The van der Waals surface area contributed by atoms with E-state index in [1.54, 1.807) is 32.2 Å². The molecule has 0 spiro atoms. The molecule has 8 heteroatoms. The fourth-order valence-corrected chi connectivity index (χ4v) is 3.52. The standard InChI is InChI=1S/C28H28N6O2/c1-19-15-22(10-13-26(19)36-23-11-8-20(2)29-17-23)32-27-24-16-21(9-12-25(24)30-18-31-27)7-6-14-34(5)28(35)33(3)4/h8-13,15-18H,14H2,1-5H3,(H,30,31,32). The van der Waals surface area contributed by atoms with Gasteiger partial charge in [0.1, 0.15) is 23.6 Å². The Morgan fingerprint density at radius 1 is 1.00 bits per heavy atom. The number of ether oxygens (including phenoxy) is 1. The Balaban J connectivity index is 1.53. The molecule has 0 atom stereocenters. The smallest absolute Gasteiger partial charge is 0.320 e. The lowest BCUT2D eigenvalue weighted by Crippen LogP contribution is -2.36. The zero-order valence-electron chi connectivity index (χ0n) is 21.0. The van der Waals surface area contributed by atoms with Gasteiger partial charge in [-0.25, -0.2) is 14.8 Å². The van der Waals surface area contributed by atoms with Crippen molar-refractivity contribution < 1.29 is 9.53 Å². The summed E-state index contributed by atoms with van der Waals surface area (Å²) >= 11 is 0. The number of carbonyl (C=O) groups excluding carboxylic acids is 1. The summed E-state index contributed by atoms with van der Waals surface area (Å²) < 4.78 is 5.98. The Morgan fingerprint density at radius 2 is 1.83 bits per heavy atom. The Bertz CT molecular complexity index is 1450. The summed E-state index contributed by atoms with van der Waals surface area (Å²) in [6, 6.07) is 15.4. The number of hydrogen-bond donors (Lipinski definition) is 1. The highest BCUT2D eigenvalue weighted by Crippen LogP contribution is 2.29. The fraction of sp³-hybridized carbons (Fsp3) is 0.214. The topological polar surface area (TPSA) is 83.5 Å². The predicted molar refractivity (Wildman–Crippen MR) is 142 cm³/mol. The van der Waals surface area contributed by atoms with Crippen molar-refractivity contribution >= 4 is 28.4 Å². The van der Waals surface area contributed by atoms with E-state index >= 15 is 0 Å². The van der Waals surface area contributed by atoms with Crippen LogP contribution < -0.4 is 10.1 Å². The first-order valence-corrected chi connectivity index (χ1v) is 11.4. The third-order valence-electron chi connectivity index (χ3n) is 5.44. The number of aryl methyl sites for hydroxylation is 2. The van der Waals surface area contributed by atoms with E-state index in [1.165, 1.54) is 11.2 Å². The van der Waals surface area contributed by atoms with Crippen LogP contribution >= 0.6 is 0 Å². The van der Waals surface area contributed by atoms with Crippen LogP contribution in [-0.2, 0) is 0 Å². The molecule has 0 aliphatic carbocycles. The molecule has 2 aromatic heterocycles. The molecule has 2 aromatic carbocycles. The summed E-state index contributed by atoms with van der Waals surface area (Å²) in [6.07, 6.45) is 3.25. The van der Waals surface area contributed by atoms with Gasteiger partial charge in [-0.05, 0) is 67.9 Å². The molecule has 0 bridgehead atoms. The van der Waals surface area contributed by atoms with Gasteiger partial charge in [0, 0.05) is 43.5 Å². The number of pyridine rings is 1. The number of urea groups is 1. The molecule has 4 rings (SSSR count). The number of carbonyl (C=O) groups is 1. The van der Waals surface area contributed by atoms with Crippen LogP contribution in [0, 0.1) is 25.7 Å². The second-order valence-corrected chi connectivity index (χ2v) is 8.63. The molecule has 8 nitrogen and oxygen atoms in total. The molecule has 0 aliphatic rings. The van der Waals surface area contributed by atoms with E-state index in [-0.39, 0.29) is 6.03 Å². The zero-order valence-corrected chi connectivity index (χ0v) is 21.0. The van der Waals surface area contributed by atoms with E-state index in [0.29, 0.717) is 18.1 Å². The van der Waals surface area contributed by atoms with Crippen molar-refractivity contribution in [2.75, 3.05) is 33.0 Å². The second kappa shape index (κ2) is 10.7. The van der Waals surface area contributed by atoms with Crippen LogP contribution in [0.25, 0.3) is 10.9 Å². The summed E-state index contributed by atoms with van der Waals surface area (Å²) in [6.45, 7) is 4.26. The molecule has 36 heavy (non-hydrogen) atoms. The van der Waals surface area contributed by atoms with Crippen LogP contribution in [0.2, 0.25) is 0 Å². The molecule has 0 aliphatic heterocycles. The molecule has 2 amide bonds. The fourth-order valence-electron chi connectivity index (χ4n) is 3.52. The number of fused-ring (bicyclic) bond motifs is 1. The predicted octanol–water partition coefficient (Wildman–Crippen LogP) is 5.14. The van der Waals surface area contributed by atoms with Gasteiger partial charge in [0.15, 0.2) is 0 Å². The van der Waals surface area contributed by atoms with Gasteiger partial charge in [-0.2, -0.15) is 0 Å². The van der Waals surface area contributed by atoms with Crippen molar-refractivity contribution in [3.05, 3.63) is 77.9 Å². The van der Waals surface area contributed by atoms with Gasteiger partial charge in [0.2, 0.25) is 0 Å². The number of rotatable bonds is 5. The first kappa shape index (κ1) is 24.5. The minimum absolute atomic E-state index is 0.0926. The summed E-state index contributed by atoms with van der Waals surface area (Å²) in [5, 5.41) is 4.24. The average Bonchev–Trinajstić information content (AvgIpc) is 2.86. The number of aromatic nitrogens is 3. The molecule has 0 saturated heterocycles. The van der Waals surface area contributed by atoms with Gasteiger partial charge in [0.25, 0.3) is 0 Å². The second-order valence-electron chi connectivity index (χ2n) is 8.63. The lowest BCUT2D eigenvalue weighted by Gasteiger charge is -2.19. The number of nitrogens with zero attached hydrogens (tertiary/aromatic N) is 5. The van der Waals surface area contributed by atoms with Gasteiger partial charge in [-0.1, -0.05) is 11.8 Å². The normalized spacial score (nSPS) is 10.4. The maximum Gasteiger partial charge on any atom is 0.320 e. The molecule has 0 radical (unpaired) electrons. The molecule has 4 aromatic rings. The molecule has 182 valence electrons. The van der Waals surface area contributed by atoms with Crippen LogP contribution in [0.3, 0.4) is 0 Å². The lowest BCUT2D eigenvalue weighted by molar-refractivity contribution is 0.187. The SMILES string of the molecule is Cc1ccc(Oc2ccc(Nc3ncnc4ccc(C#CCN(C)C(=O)N(C)C)cc34)cc2C)cn1. The molecule has 0 saturated carbocycles. The molecule has 0 unspecified atom stereocenters. The van der Waals surface area contributed by atoms with Crippen LogP contribution in [0.1, 0.15) is 16.8 Å². The third-order valence-corrected chi connectivity index (χ3v) is 5.44. The van der Waals surface area contributed by atoms with Crippen LogP contribution in [0.4, 0.5) is 16.3 Å². The Kier molecular flexibility index (Phi) is 7.31. The first-order chi connectivity index (χ1) is 17.3. The highest BCUT2D eigenvalue weighted by atomic mass is 16.5. The number of amides is 2. The summed E-state index contributed by atoms with van der Waals surface area (Å²) in [7, 11) is 5.16. The Labute approximate surface area is 211 Å². The van der Waals surface area contributed by atoms with Crippen LogP contribution in [0.15, 0.2) is 61.1 Å². The highest BCUT2D eigenvalue weighted by molar-refractivity contribution is 5.91. The van der Waals surface area contributed by atoms with Crippen molar-refractivity contribution in [2.45, 2.75) is 13.8 Å². The van der Waals surface area contributed by atoms with Gasteiger partial charge < -0.3 is 19.9 Å². The Hall–Kier alpha value is -4.64. The van der Waals surface area contributed by atoms with E-state index in [9.17, 15) is 4.79 Å². The Morgan fingerprint density at radius 3 is 2.56 bits per heavy atom. The number of benzene rings is 2. The van der Waals surface area contributed by atoms with Crippen LogP contribution in [-0.4, -0.2) is 58.5 Å². The average molecular weight is 481 g/mol. The van der Waals surface area contributed by atoms with Crippen molar-refractivity contribution in [3.8, 4) is 23.3 Å². The van der Waals surface area contributed by atoms with E-state index < -0.39 is 0 Å².